The number of rotatable bonds is 0. The Balaban J connectivity index is 2.58. The van der Waals surface area contributed by atoms with Gasteiger partial charge in [-0.25, -0.2) is 0 Å². The molecule has 11 heavy (non-hydrogen) atoms. The number of hydrogen-bond donors (Lipinski definition) is 3. The molecular weight excluding hydrogens is 140 g/mol. The summed E-state index contributed by atoms with van der Waals surface area (Å²) in [5, 5.41) is 12.3. The van der Waals surface area contributed by atoms with Gasteiger partial charge in [-0.3, -0.25) is 5.32 Å². The van der Waals surface area contributed by atoms with E-state index in [0.717, 1.165) is 11.1 Å². The molecule has 1 aliphatic rings. The van der Waals surface area contributed by atoms with E-state index in [4.69, 9.17) is 5.73 Å². The van der Waals surface area contributed by atoms with Gasteiger partial charge in [-0.05, 0) is 11.6 Å². The molecule has 1 heterocycles. The number of aliphatic hydroxyl groups excluding tert-OH is 1. The summed E-state index contributed by atoms with van der Waals surface area (Å²) < 4.78 is 0. The van der Waals surface area contributed by atoms with Crippen LogP contribution in [-0.4, -0.2) is 5.11 Å². The lowest BCUT2D eigenvalue weighted by molar-refractivity contribution is 0.152. The zero-order chi connectivity index (χ0) is 7.84. The Kier molecular flexibility index (Phi) is 1.34. The number of nitrogens with one attached hydrogen (secondary N) is 1. The second-order valence-corrected chi connectivity index (χ2v) is 2.70. The van der Waals surface area contributed by atoms with Gasteiger partial charge in [0.1, 0.15) is 6.23 Å². The number of benzene rings is 1. The molecule has 0 radical (unpaired) electrons. The standard InChI is InChI=1S/C8H10N2O/c9-6-3-1-2-5-4-10-8(11)7(5)6/h1-3,8,10-11H,4,9H2. The van der Waals surface area contributed by atoms with Gasteiger partial charge in [0.15, 0.2) is 0 Å². The van der Waals surface area contributed by atoms with Gasteiger partial charge in [-0.15, -0.1) is 0 Å². The quantitative estimate of drug-likeness (QED) is 0.468. The highest BCUT2D eigenvalue weighted by Crippen LogP contribution is 2.27. The number of nitrogen functional groups attached to an aromatic ring is 1. The molecule has 1 aromatic rings. The molecule has 58 valence electrons. The summed E-state index contributed by atoms with van der Waals surface area (Å²) in [6.07, 6.45) is -0.578. The molecule has 1 unspecified atom stereocenters. The van der Waals surface area contributed by atoms with Crippen LogP contribution in [0, 0.1) is 0 Å². The lowest BCUT2D eigenvalue weighted by atomic mass is 10.1. The van der Waals surface area contributed by atoms with E-state index in [2.05, 4.69) is 5.32 Å². The van der Waals surface area contributed by atoms with Gasteiger partial charge in [0.2, 0.25) is 0 Å². The molecule has 1 atom stereocenters. The fourth-order valence-electron chi connectivity index (χ4n) is 1.43. The van der Waals surface area contributed by atoms with E-state index in [9.17, 15) is 5.11 Å². The highest BCUT2D eigenvalue weighted by molar-refractivity contribution is 5.53. The van der Waals surface area contributed by atoms with Gasteiger partial charge in [0, 0.05) is 17.8 Å². The minimum atomic E-state index is -0.578. The summed E-state index contributed by atoms with van der Waals surface area (Å²) in [6, 6.07) is 5.66. The van der Waals surface area contributed by atoms with Crippen molar-refractivity contribution in [2.24, 2.45) is 0 Å². The fourth-order valence-corrected chi connectivity index (χ4v) is 1.43. The first-order valence-corrected chi connectivity index (χ1v) is 3.58. The molecule has 0 saturated heterocycles. The first-order valence-electron chi connectivity index (χ1n) is 3.58. The highest BCUT2D eigenvalue weighted by atomic mass is 16.3. The second-order valence-electron chi connectivity index (χ2n) is 2.70. The van der Waals surface area contributed by atoms with Crippen molar-refractivity contribution >= 4 is 5.69 Å². The number of aliphatic hydroxyl groups is 1. The molecule has 0 bridgehead atoms. The molecule has 0 fully saturated rings. The summed E-state index contributed by atoms with van der Waals surface area (Å²) in [5.74, 6) is 0. The summed E-state index contributed by atoms with van der Waals surface area (Å²) in [5.41, 5.74) is 8.26. The first kappa shape index (κ1) is 6.64. The second kappa shape index (κ2) is 2.22. The SMILES string of the molecule is Nc1cccc2c1C(O)NC2. The number of hydrogen-bond acceptors (Lipinski definition) is 3. The number of anilines is 1. The van der Waals surface area contributed by atoms with Crippen LogP contribution in [0.1, 0.15) is 17.4 Å². The van der Waals surface area contributed by atoms with Crippen molar-refractivity contribution in [2.45, 2.75) is 12.8 Å². The van der Waals surface area contributed by atoms with Crippen LogP contribution in [0.3, 0.4) is 0 Å². The maximum Gasteiger partial charge on any atom is 0.133 e. The van der Waals surface area contributed by atoms with Gasteiger partial charge in [-0.1, -0.05) is 12.1 Å². The molecule has 1 aliphatic heterocycles. The topological polar surface area (TPSA) is 58.3 Å². The van der Waals surface area contributed by atoms with Crippen molar-refractivity contribution in [3.63, 3.8) is 0 Å². The van der Waals surface area contributed by atoms with Crippen molar-refractivity contribution in [2.75, 3.05) is 5.73 Å². The van der Waals surface area contributed by atoms with Crippen molar-refractivity contribution in [3.05, 3.63) is 29.3 Å². The fraction of sp³-hybridized carbons (Fsp3) is 0.250. The van der Waals surface area contributed by atoms with E-state index in [-0.39, 0.29) is 0 Å². The minimum absolute atomic E-state index is 0.578. The Bertz CT molecular complexity index is 285. The molecule has 0 saturated carbocycles. The lowest BCUT2D eigenvalue weighted by Gasteiger charge is -2.05. The van der Waals surface area contributed by atoms with Crippen molar-refractivity contribution in [1.82, 2.24) is 5.32 Å². The monoisotopic (exact) mass is 150 g/mol. The van der Waals surface area contributed by atoms with Crippen LogP contribution < -0.4 is 11.1 Å². The van der Waals surface area contributed by atoms with Gasteiger partial charge >= 0.3 is 0 Å². The first-order chi connectivity index (χ1) is 5.29. The Morgan fingerprint density at radius 3 is 3.09 bits per heavy atom. The van der Waals surface area contributed by atoms with Crippen LogP contribution in [0.25, 0.3) is 0 Å². The summed E-state index contributed by atoms with van der Waals surface area (Å²) in [4.78, 5) is 0. The number of nitrogens with two attached hydrogens (primary N) is 1. The van der Waals surface area contributed by atoms with E-state index in [0.29, 0.717) is 12.2 Å². The van der Waals surface area contributed by atoms with Crippen LogP contribution >= 0.6 is 0 Å². The van der Waals surface area contributed by atoms with Gasteiger partial charge in [0.05, 0.1) is 0 Å². The van der Waals surface area contributed by atoms with Crippen LogP contribution in [0.2, 0.25) is 0 Å². The summed E-state index contributed by atoms with van der Waals surface area (Å²) in [6.45, 7) is 0.710. The zero-order valence-electron chi connectivity index (χ0n) is 6.04. The van der Waals surface area contributed by atoms with Crippen LogP contribution in [0.15, 0.2) is 18.2 Å². The normalized spacial score (nSPS) is 21.7. The molecule has 3 nitrogen and oxygen atoms in total. The molecule has 1 aromatic carbocycles. The van der Waals surface area contributed by atoms with Gasteiger partial charge in [-0.2, -0.15) is 0 Å². The molecular formula is C8H10N2O. The molecule has 0 amide bonds. The maximum absolute atomic E-state index is 9.37. The number of fused-ring (bicyclic) bond motifs is 1. The van der Waals surface area contributed by atoms with Crippen molar-refractivity contribution in [1.29, 1.82) is 0 Å². The predicted molar refractivity (Wildman–Crippen MR) is 42.7 cm³/mol. The van der Waals surface area contributed by atoms with Crippen molar-refractivity contribution in [3.8, 4) is 0 Å². The van der Waals surface area contributed by atoms with Crippen molar-refractivity contribution < 1.29 is 5.11 Å². The van der Waals surface area contributed by atoms with Crippen LogP contribution in [0.4, 0.5) is 5.69 Å². The van der Waals surface area contributed by atoms with Crippen LogP contribution in [-0.2, 0) is 6.54 Å². The summed E-state index contributed by atoms with van der Waals surface area (Å²) >= 11 is 0. The van der Waals surface area contributed by atoms with E-state index >= 15 is 0 Å². The third kappa shape index (κ3) is 0.895. The van der Waals surface area contributed by atoms with Gasteiger partial charge < -0.3 is 10.8 Å². The third-order valence-electron chi connectivity index (χ3n) is 1.99. The smallest absolute Gasteiger partial charge is 0.133 e. The predicted octanol–water partition coefficient (Wildman–Crippen LogP) is 0.363. The van der Waals surface area contributed by atoms with E-state index in [1.807, 2.05) is 12.1 Å². The molecule has 4 N–H and O–H groups in total. The average Bonchev–Trinajstić information content (AvgIpc) is 2.34. The molecule has 0 aliphatic carbocycles. The Morgan fingerprint density at radius 2 is 2.36 bits per heavy atom. The summed E-state index contributed by atoms with van der Waals surface area (Å²) in [7, 11) is 0. The molecule has 0 aromatic heterocycles. The molecule has 3 heteroatoms. The zero-order valence-corrected chi connectivity index (χ0v) is 6.04. The average molecular weight is 150 g/mol. The highest BCUT2D eigenvalue weighted by Gasteiger charge is 2.20. The molecule has 2 rings (SSSR count). The Morgan fingerprint density at radius 1 is 1.55 bits per heavy atom. The Hall–Kier alpha value is -1.06. The third-order valence-corrected chi connectivity index (χ3v) is 1.99. The van der Waals surface area contributed by atoms with Gasteiger partial charge in [0.25, 0.3) is 0 Å². The van der Waals surface area contributed by atoms with Crippen LogP contribution in [0.5, 0.6) is 0 Å². The van der Waals surface area contributed by atoms with E-state index in [1.54, 1.807) is 6.07 Å². The lowest BCUT2D eigenvalue weighted by Crippen LogP contribution is -2.11. The largest absolute Gasteiger partial charge is 0.398 e. The minimum Gasteiger partial charge on any atom is -0.398 e. The Labute approximate surface area is 64.8 Å². The van der Waals surface area contributed by atoms with E-state index in [1.165, 1.54) is 0 Å². The maximum atomic E-state index is 9.37. The van der Waals surface area contributed by atoms with E-state index < -0.39 is 6.23 Å². The molecule has 0 spiro atoms.